The standard InChI is InChI=1S/C22H16N2O5/c25-11-14-9-13(21(26)27)10-23-20(14)24-22(28)29-12-19-17-7-3-1-5-15(17)16-6-2-4-8-18(16)19/h1-11,19H,12H2,(H,26,27)(H,23,24,28). The Kier molecular flexibility index (Phi) is 4.78. The van der Waals surface area contributed by atoms with Gasteiger partial charge >= 0.3 is 12.1 Å². The van der Waals surface area contributed by atoms with E-state index in [1.54, 1.807) is 0 Å². The first-order chi connectivity index (χ1) is 14.1. The van der Waals surface area contributed by atoms with E-state index in [0.29, 0.717) is 6.29 Å². The highest BCUT2D eigenvalue weighted by Crippen LogP contribution is 2.44. The molecule has 2 N–H and O–H groups in total. The third-order valence-electron chi connectivity index (χ3n) is 4.86. The Labute approximate surface area is 166 Å². The number of aromatic nitrogens is 1. The summed E-state index contributed by atoms with van der Waals surface area (Å²) in [4.78, 5) is 38.3. The van der Waals surface area contributed by atoms with Crippen LogP contribution in [0.2, 0.25) is 0 Å². The number of pyridine rings is 1. The Balaban J connectivity index is 1.50. The summed E-state index contributed by atoms with van der Waals surface area (Å²) in [6.45, 7) is 0.115. The summed E-state index contributed by atoms with van der Waals surface area (Å²) in [5.41, 5.74) is 4.21. The quantitative estimate of drug-likeness (QED) is 0.641. The number of carbonyl (C=O) groups is 3. The Morgan fingerprint density at radius 3 is 2.28 bits per heavy atom. The second-order valence-electron chi connectivity index (χ2n) is 6.54. The van der Waals surface area contributed by atoms with Crippen molar-refractivity contribution in [2.45, 2.75) is 5.92 Å². The lowest BCUT2D eigenvalue weighted by atomic mass is 9.98. The van der Waals surface area contributed by atoms with Crippen molar-refractivity contribution < 1.29 is 24.2 Å². The molecule has 0 bridgehead atoms. The van der Waals surface area contributed by atoms with Crippen LogP contribution in [0.3, 0.4) is 0 Å². The van der Waals surface area contributed by atoms with E-state index in [9.17, 15) is 14.4 Å². The highest BCUT2D eigenvalue weighted by molar-refractivity contribution is 5.95. The number of carboxylic acids is 1. The molecule has 2 aromatic carbocycles. The number of anilines is 1. The molecule has 0 unspecified atom stereocenters. The first kappa shape index (κ1) is 18.4. The average Bonchev–Trinajstić information content (AvgIpc) is 3.06. The second-order valence-corrected chi connectivity index (χ2v) is 6.54. The summed E-state index contributed by atoms with van der Waals surface area (Å²) in [6, 6.07) is 17.1. The molecule has 1 aliphatic carbocycles. The smallest absolute Gasteiger partial charge is 0.412 e. The number of aromatic carboxylic acids is 1. The van der Waals surface area contributed by atoms with Crippen molar-refractivity contribution in [3.8, 4) is 11.1 Å². The molecule has 1 amide bonds. The van der Waals surface area contributed by atoms with Gasteiger partial charge in [0.2, 0.25) is 0 Å². The van der Waals surface area contributed by atoms with E-state index in [0.717, 1.165) is 34.5 Å². The number of fused-ring (bicyclic) bond motifs is 3. The number of hydrogen-bond acceptors (Lipinski definition) is 5. The van der Waals surface area contributed by atoms with E-state index in [2.05, 4.69) is 10.3 Å². The van der Waals surface area contributed by atoms with Crippen LogP contribution in [0.15, 0.2) is 60.8 Å². The molecule has 3 aromatic rings. The van der Waals surface area contributed by atoms with Gasteiger partial charge in [-0.2, -0.15) is 0 Å². The highest BCUT2D eigenvalue weighted by atomic mass is 16.5. The fourth-order valence-electron chi connectivity index (χ4n) is 3.52. The fourth-order valence-corrected chi connectivity index (χ4v) is 3.52. The van der Waals surface area contributed by atoms with Crippen LogP contribution in [-0.2, 0) is 4.74 Å². The molecule has 29 heavy (non-hydrogen) atoms. The van der Waals surface area contributed by atoms with E-state index in [-0.39, 0.29) is 29.5 Å². The largest absolute Gasteiger partial charge is 0.478 e. The lowest BCUT2D eigenvalue weighted by Gasteiger charge is -2.14. The molecule has 144 valence electrons. The normalized spacial score (nSPS) is 12.0. The molecule has 1 aliphatic rings. The van der Waals surface area contributed by atoms with E-state index in [1.807, 2.05) is 48.5 Å². The maximum Gasteiger partial charge on any atom is 0.412 e. The van der Waals surface area contributed by atoms with E-state index in [4.69, 9.17) is 9.84 Å². The molecule has 7 nitrogen and oxygen atoms in total. The van der Waals surface area contributed by atoms with Gasteiger partial charge in [-0.1, -0.05) is 48.5 Å². The summed E-state index contributed by atoms with van der Waals surface area (Å²) >= 11 is 0. The van der Waals surface area contributed by atoms with Crippen LogP contribution in [0.5, 0.6) is 0 Å². The van der Waals surface area contributed by atoms with E-state index < -0.39 is 12.1 Å². The molecular weight excluding hydrogens is 372 g/mol. The molecule has 0 saturated heterocycles. The lowest BCUT2D eigenvalue weighted by molar-refractivity contribution is 0.0696. The van der Waals surface area contributed by atoms with Gasteiger partial charge in [0.1, 0.15) is 12.4 Å². The number of nitrogens with one attached hydrogen (secondary N) is 1. The van der Waals surface area contributed by atoms with Crippen LogP contribution in [0, 0.1) is 0 Å². The number of ether oxygens (including phenoxy) is 1. The summed E-state index contributed by atoms with van der Waals surface area (Å²) in [5.74, 6) is -1.36. The van der Waals surface area contributed by atoms with Crippen molar-refractivity contribution in [2.24, 2.45) is 0 Å². The second kappa shape index (κ2) is 7.55. The number of benzene rings is 2. The minimum Gasteiger partial charge on any atom is -0.478 e. The zero-order valence-electron chi connectivity index (χ0n) is 15.2. The van der Waals surface area contributed by atoms with Gasteiger partial charge < -0.3 is 9.84 Å². The van der Waals surface area contributed by atoms with Crippen LogP contribution in [0.25, 0.3) is 11.1 Å². The zero-order valence-corrected chi connectivity index (χ0v) is 15.2. The van der Waals surface area contributed by atoms with Crippen LogP contribution >= 0.6 is 0 Å². The van der Waals surface area contributed by atoms with Crippen LogP contribution in [0.1, 0.15) is 37.8 Å². The minimum atomic E-state index is -1.21. The number of rotatable bonds is 5. The Morgan fingerprint density at radius 2 is 1.69 bits per heavy atom. The highest BCUT2D eigenvalue weighted by Gasteiger charge is 2.29. The van der Waals surface area contributed by atoms with E-state index >= 15 is 0 Å². The van der Waals surface area contributed by atoms with Crippen LogP contribution < -0.4 is 5.32 Å². The van der Waals surface area contributed by atoms with Crippen LogP contribution in [0.4, 0.5) is 10.6 Å². The molecule has 0 aliphatic heterocycles. The minimum absolute atomic E-state index is 0.0431. The number of aldehydes is 1. The lowest BCUT2D eigenvalue weighted by Crippen LogP contribution is -2.19. The molecule has 0 spiro atoms. The predicted octanol–water partition coefficient (Wildman–Crippen LogP) is 3.95. The van der Waals surface area contributed by atoms with Crippen LogP contribution in [-0.4, -0.2) is 35.0 Å². The molecular formula is C22H16N2O5. The number of hydrogen-bond donors (Lipinski definition) is 2. The molecule has 7 heteroatoms. The van der Waals surface area contributed by atoms with Gasteiger partial charge in [-0.3, -0.25) is 10.1 Å². The maximum atomic E-state index is 12.3. The molecule has 0 saturated carbocycles. The molecule has 1 aromatic heterocycles. The Bertz CT molecular complexity index is 1080. The Hall–Kier alpha value is -4.00. The van der Waals surface area contributed by atoms with Gasteiger partial charge in [-0.15, -0.1) is 0 Å². The SMILES string of the molecule is O=Cc1cc(C(=O)O)cnc1NC(=O)OCC1c2ccccc2-c2ccccc21. The predicted molar refractivity (Wildman–Crippen MR) is 105 cm³/mol. The van der Waals surface area contributed by atoms with Crippen molar-refractivity contribution in [1.82, 2.24) is 4.98 Å². The fraction of sp³-hybridized carbons (Fsp3) is 0.0909. The zero-order chi connectivity index (χ0) is 20.4. The maximum absolute atomic E-state index is 12.3. The van der Waals surface area contributed by atoms with Crippen molar-refractivity contribution in [3.05, 3.63) is 83.0 Å². The van der Waals surface area contributed by atoms with Crippen molar-refractivity contribution in [3.63, 3.8) is 0 Å². The molecule has 1 heterocycles. The van der Waals surface area contributed by atoms with Gasteiger partial charge in [-0.05, 0) is 28.3 Å². The van der Waals surface area contributed by atoms with Gasteiger partial charge in [0, 0.05) is 12.1 Å². The third-order valence-corrected chi connectivity index (χ3v) is 4.86. The summed E-state index contributed by atoms with van der Waals surface area (Å²) < 4.78 is 5.40. The molecule has 0 fully saturated rings. The number of nitrogens with zero attached hydrogens (tertiary/aromatic N) is 1. The monoisotopic (exact) mass is 388 g/mol. The first-order valence-electron chi connectivity index (χ1n) is 8.89. The molecule has 4 rings (SSSR count). The number of carbonyl (C=O) groups excluding carboxylic acids is 2. The Morgan fingerprint density at radius 1 is 1.07 bits per heavy atom. The van der Waals surface area contributed by atoms with E-state index in [1.165, 1.54) is 0 Å². The summed E-state index contributed by atoms with van der Waals surface area (Å²) in [6.07, 6.45) is 0.720. The van der Waals surface area contributed by atoms with Crippen molar-refractivity contribution in [1.29, 1.82) is 0 Å². The number of amides is 1. The van der Waals surface area contributed by atoms with Crippen molar-refractivity contribution in [2.75, 3.05) is 11.9 Å². The summed E-state index contributed by atoms with van der Waals surface area (Å²) in [7, 11) is 0. The topological polar surface area (TPSA) is 106 Å². The third kappa shape index (κ3) is 3.45. The average molecular weight is 388 g/mol. The molecule has 0 radical (unpaired) electrons. The van der Waals surface area contributed by atoms with Gasteiger partial charge in [0.15, 0.2) is 6.29 Å². The first-order valence-corrected chi connectivity index (χ1v) is 8.89. The van der Waals surface area contributed by atoms with Crippen molar-refractivity contribution >= 4 is 24.2 Å². The number of carboxylic acid groups (broad SMARTS) is 1. The van der Waals surface area contributed by atoms with Gasteiger partial charge in [0.05, 0.1) is 11.1 Å². The summed E-state index contributed by atoms with van der Waals surface area (Å²) in [5, 5.41) is 11.4. The molecule has 0 atom stereocenters. The van der Waals surface area contributed by atoms with Gasteiger partial charge in [0.25, 0.3) is 0 Å². The van der Waals surface area contributed by atoms with Gasteiger partial charge in [-0.25, -0.2) is 14.6 Å².